The highest BCUT2D eigenvalue weighted by atomic mass is 32.2. The lowest BCUT2D eigenvalue weighted by molar-refractivity contribution is 0.507. The lowest BCUT2D eigenvalue weighted by Crippen LogP contribution is -2.25. The number of rotatable bonds is 2. The maximum atomic E-state index is 12.1. The first-order valence-corrected chi connectivity index (χ1v) is 6.47. The zero-order valence-electron chi connectivity index (χ0n) is 10.6. The Labute approximate surface area is 97.1 Å². The third-order valence-corrected chi connectivity index (χ3v) is 4.08. The lowest BCUT2D eigenvalue weighted by atomic mass is 9.92. The number of sulfonamides is 1. The molecule has 0 spiro atoms. The SMILES string of the molecule is CN(C)S(=O)(=O)c1cn(C)nc1C(C)(C)C. The van der Waals surface area contributed by atoms with Crippen LogP contribution < -0.4 is 0 Å². The number of aromatic nitrogens is 2. The quantitative estimate of drug-likeness (QED) is 0.780. The van der Waals surface area contributed by atoms with E-state index >= 15 is 0 Å². The Balaban J connectivity index is 3.47. The molecule has 16 heavy (non-hydrogen) atoms. The largest absolute Gasteiger partial charge is 0.274 e. The van der Waals surface area contributed by atoms with Gasteiger partial charge in [-0.25, -0.2) is 12.7 Å². The van der Waals surface area contributed by atoms with E-state index in [1.165, 1.54) is 23.1 Å². The summed E-state index contributed by atoms with van der Waals surface area (Å²) < 4.78 is 26.9. The second kappa shape index (κ2) is 3.85. The van der Waals surface area contributed by atoms with Gasteiger partial charge >= 0.3 is 0 Å². The van der Waals surface area contributed by atoms with Crippen molar-refractivity contribution >= 4 is 10.0 Å². The summed E-state index contributed by atoms with van der Waals surface area (Å²) in [6.07, 6.45) is 1.55. The third kappa shape index (κ3) is 2.27. The van der Waals surface area contributed by atoms with Gasteiger partial charge in [-0.1, -0.05) is 20.8 Å². The first-order chi connectivity index (χ1) is 7.06. The van der Waals surface area contributed by atoms with Crippen molar-refractivity contribution in [2.45, 2.75) is 31.1 Å². The molecule has 5 nitrogen and oxygen atoms in total. The smallest absolute Gasteiger partial charge is 0.245 e. The van der Waals surface area contributed by atoms with Crippen LogP contribution in [0, 0.1) is 0 Å². The molecule has 1 heterocycles. The fourth-order valence-corrected chi connectivity index (χ4v) is 2.64. The fraction of sp³-hybridized carbons (Fsp3) is 0.700. The summed E-state index contributed by atoms with van der Waals surface area (Å²) >= 11 is 0. The van der Waals surface area contributed by atoms with E-state index in [2.05, 4.69) is 5.10 Å². The molecule has 92 valence electrons. The Morgan fingerprint density at radius 3 is 2.19 bits per heavy atom. The molecule has 6 heteroatoms. The van der Waals surface area contributed by atoms with Gasteiger partial charge in [-0.05, 0) is 0 Å². The molecule has 0 fully saturated rings. The van der Waals surface area contributed by atoms with E-state index in [9.17, 15) is 8.42 Å². The molecule has 0 aromatic carbocycles. The average molecular weight is 245 g/mol. The van der Waals surface area contributed by atoms with Gasteiger partial charge in [-0.2, -0.15) is 5.10 Å². The van der Waals surface area contributed by atoms with Gasteiger partial charge in [0.15, 0.2) is 0 Å². The highest BCUT2D eigenvalue weighted by Gasteiger charge is 2.30. The van der Waals surface area contributed by atoms with E-state index in [0.29, 0.717) is 5.69 Å². The van der Waals surface area contributed by atoms with Gasteiger partial charge in [0.25, 0.3) is 0 Å². The van der Waals surface area contributed by atoms with Crippen molar-refractivity contribution in [1.82, 2.24) is 14.1 Å². The molecule has 0 aliphatic carbocycles. The van der Waals surface area contributed by atoms with Gasteiger partial charge in [0.05, 0.1) is 5.69 Å². The summed E-state index contributed by atoms with van der Waals surface area (Å²) in [5.41, 5.74) is 0.309. The number of aryl methyl sites for hydroxylation is 1. The normalized spacial score (nSPS) is 13.4. The van der Waals surface area contributed by atoms with Crippen molar-refractivity contribution in [3.63, 3.8) is 0 Å². The fourth-order valence-electron chi connectivity index (χ4n) is 1.37. The minimum Gasteiger partial charge on any atom is -0.274 e. The molecular formula is C10H19N3O2S. The second-order valence-corrected chi connectivity index (χ2v) is 7.17. The van der Waals surface area contributed by atoms with Crippen molar-refractivity contribution in [2.75, 3.05) is 14.1 Å². The molecule has 1 aromatic heterocycles. The van der Waals surface area contributed by atoms with Crippen molar-refractivity contribution in [3.05, 3.63) is 11.9 Å². The summed E-state index contributed by atoms with van der Waals surface area (Å²) in [6.45, 7) is 5.85. The maximum Gasteiger partial charge on any atom is 0.245 e. The number of hydrogen-bond acceptors (Lipinski definition) is 3. The molecule has 0 N–H and O–H groups in total. The predicted molar refractivity (Wildman–Crippen MR) is 62.8 cm³/mol. The Bertz CT molecular complexity index is 481. The van der Waals surface area contributed by atoms with Crippen LogP contribution in [-0.2, 0) is 22.5 Å². The molecular weight excluding hydrogens is 226 g/mol. The summed E-state index contributed by atoms with van der Waals surface area (Å²) in [5.74, 6) is 0. The van der Waals surface area contributed by atoms with E-state index < -0.39 is 10.0 Å². The number of nitrogens with zero attached hydrogens (tertiary/aromatic N) is 3. The second-order valence-electron chi connectivity index (χ2n) is 5.05. The predicted octanol–water partition coefficient (Wildman–Crippen LogP) is 0.968. The topological polar surface area (TPSA) is 55.2 Å². The van der Waals surface area contributed by atoms with Gasteiger partial charge in [0, 0.05) is 32.8 Å². The monoisotopic (exact) mass is 245 g/mol. The summed E-state index contributed by atoms with van der Waals surface area (Å²) in [6, 6.07) is 0. The molecule has 0 aliphatic heterocycles. The Hall–Kier alpha value is -0.880. The molecule has 0 unspecified atom stereocenters. The van der Waals surface area contributed by atoms with Crippen molar-refractivity contribution in [1.29, 1.82) is 0 Å². The minimum absolute atomic E-state index is 0.285. The van der Waals surface area contributed by atoms with Crippen molar-refractivity contribution < 1.29 is 8.42 Å². The maximum absolute atomic E-state index is 12.1. The molecule has 1 aromatic rings. The molecule has 0 atom stereocenters. The molecule has 0 amide bonds. The van der Waals surface area contributed by atoms with Crippen LogP contribution in [0.15, 0.2) is 11.1 Å². The van der Waals surface area contributed by atoms with Crippen LogP contribution in [0.5, 0.6) is 0 Å². The van der Waals surface area contributed by atoms with Gasteiger partial charge < -0.3 is 0 Å². The first-order valence-electron chi connectivity index (χ1n) is 5.03. The minimum atomic E-state index is -3.42. The zero-order valence-corrected chi connectivity index (χ0v) is 11.5. The van der Waals surface area contributed by atoms with E-state index in [-0.39, 0.29) is 10.3 Å². The van der Waals surface area contributed by atoms with Crippen LogP contribution in [0.3, 0.4) is 0 Å². The van der Waals surface area contributed by atoms with E-state index in [4.69, 9.17) is 0 Å². The van der Waals surface area contributed by atoms with Crippen LogP contribution in [0.4, 0.5) is 0 Å². The van der Waals surface area contributed by atoms with E-state index in [0.717, 1.165) is 0 Å². The third-order valence-electron chi connectivity index (χ3n) is 2.26. The standard InChI is InChI=1S/C10H19N3O2S/c1-10(2,3)9-8(7-13(6)11-9)16(14,15)12(4)5/h7H,1-6H3. The Morgan fingerprint density at radius 2 is 1.81 bits per heavy atom. The summed E-state index contributed by atoms with van der Waals surface area (Å²) in [4.78, 5) is 0.285. The van der Waals surface area contributed by atoms with Crippen LogP contribution >= 0.6 is 0 Å². The van der Waals surface area contributed by atoms with Gasteiger partial charge in [0.2, 0.25) is 10.0 Å². The molecule has 1 rings (SSSR count). The average Bonchev–Trinajstić information content (AvgIpc) is 2.46. The van der Waals surface area contributed by atoms with Crippen molar-refractivity contribution in [3.8, 4) is 0 Å². The molecule has 0 bridgehead atoms. The Kier molecular flexibility index (Phi) is 3.17. The van der Waals surface area contributed by atoms with Crippen LogP contribution in [0.1, 0.15) is 26.5 Å². The highest BCUT2D eigenvalue weighted by Crippen LogP contribution is 2.28. The van der Waals surface area contributed by atoms with E-state index in [1.807, 2.05) is 20.8 Å². The summed E-state index contributed by atoms with van der Waals surface area (Å²) in [7, 11) is 1.35. The van der Waals surface area contributed by atoms with Crippen LogP contribution in [-0.4, -0.2) is 36.6 Å². The summed E-state index contributed by atoms with van der Waals surface area (Å²) in [5, 5.41) is 4.24. The molecule has 0 aliphatic rings. The van der Waals surface area contributed by atoms with E-state index in [1.54, 1.807) is 13.2 Å². The molecule has 0 saturated heterocycles. The van der Waals surface area contributed by atoms with Gasteiger partial charge in [0.1, 0.15) is 4.90 Å². The highest BCUT2D eigenvalue weighted by molar-refractivity contribution is 7.89. The zero-order chi connectivity index (χ0) is 12.7. The van der Waals surface area contributed by atoms with Crippen molar-refractivity contribution in [2.24, 2.45) is 7.05 Å². The Morgan fingerprint density at radius 1 is 1.31 bits per heavy atom. The van der Waals surface area contributed by atoms with Gasteiger partial charge in [-0.15, -0.1) is 0 Å². The van der Waals surface area contributed by atoms with Crippen LogP contribution in [0.2, 0.25) is 0 Å². The number of hydrogen-bond donors (Lipinski definition) is 0. The first kappa shape index (κ1) is 13.2. The molecule has 0 radical (unpaired) electrons. The lowest BCUT2D eigenvalue weighted by Gasteiger charge is -2.19. The van der Waals surface area contributed by atoms with Crippen LogP contribution in [0.25, 0.3) is 0 Å². The van der Waals surface area contributed by atoms with Gasteiger partial charge in [-0.3, -0.25) is 4.68 Å². The molecule has 0 saturated carbocycles.